The van der Waals surface area contributed by atoms with Crippen LogP contribution in [0.1, 0.15) is 38.3 Å². The van der Waals surface area contributed by atoms with E-state index in [-0.39, 0.29) is 24.4 Å². The maximum atomic E-state index is 11.6. The van der Waals surface area contributed by atoms with Gasteiger partial charge in [-0.25, -0.2) is 0 Å². The van der Waals surface area contributed by atoms with E-state index in [2.05, 4.69) is 17.6 Å². The van der Waals surface area contributed by atoms with Crippen LogP contribution in [0.2, 0.25) is 0 Å². The van der Waals surface area contributed by atoms with Gasteiger partial charge in [0, 0.05) is 0 Å². The van der Waals surface area contributed by atoms with E-state index in [0.29, 0.717) is 18.9 Å². The van der Waals surface area contributed by atoms with Gasteiger partial charge in [-0.2, -0.15) is 0 Å². The average Bonchev–Trinajstić information content (AvgIpc) is 2.47. The van der Waals surface area contributed by atoms with Gasteiger partial charge >= 0.3 is 0 Å². The Morgan fingerprint density at radius 3 is 2.64 bits per heavy atom. The number of unbranched alkanes of at least 4 members (excludes halogenated alkanes) is 1. The Morgan fingerprint density at radius 2 is 2.05 bits per heavy atom. The third-order valence-corrected chi connectivity index (χ3v) is 3.16. The minimum atomic E-state index is -0.0792. The lowest BCUT2D eigenvalue weighted by Crippen LogP contribution is -2.33. The molecular formula is C16H27ClN2O3. The second kappa shape index (κ2) is 11.2. The minimum Gasteiger partial charge on any atom is -0.493 e. The molecule has 6 heteroatoms. The molecule has 1 aromatic rings. The van der Waals surface area contributed by atoms with Crippen molar-refractivity contribution in [3.05, 3.63) is 23.8 Å². The number of likely N-dealkylation sites (N-methyl/N-ethyl adjacent to an activating group) is 1. The van der Waals surface area contributed by atoms with Gasteiger partial charge in [0.05, 0.1) is 26.3 Å². The maximum Gasteiger partial charge on any atom is 0.234 e. The van der Waals surface area contributed by atoms with Crippen LogP contribution in [0.3, 0.4) is 0 Å². The largest absolute Gasteiger partial charge is 0.493 e. The molecule has 1 unspecified atom stereocenters. The second-order valence-corrected chi connectivity index (χ2v) is 4.93. The van der Waals surface area contributed by atoms with E-state index in [0.717, 1.165) is 24.2 Å². The van der Waals surface area contributed by atoms with E-state index in [4.69, 9.17) is 9.47 Å². The van der Waals surface area contributed by atoms with E-state index in [1.54, 1.807) is 14.2 Å². The summed E-state index contributed by atoms with van der Waals surface area (Å²) >= 11 is 0. The summed E-state index contributed by atoms with van der Waals surface area (Å²) in [6.45, 7) is 5.06. The number of hydrogen-bond donors (Lipinski definition) is 2. The number of rotatable bonds is 9. The number of ether oxygens (including phenoxy) is 2. The van der Waals surface area contributed by atoms with Gasteiger partial charge in [0.2, 0.25) is 5.91 Å². The smallest absolute Gasteiger partial charge is 0.234 e. The van der Waals surface area contributed by atoms with E-state index >= 15 is 0 Å². The van der Waals surface area contributed by atoms with Crippen LogP contribution in [0.5, 0.6) is 11.5 Å². The van der Waals surface area contributed by atoms with Gasteiger partial charge < -0.3 is 20.1 Å². The number of amides is 1. The number of hydrogen-bond acceptors (Lipinski definition) is 4. The molecule has 1 aromatic carbocycles. The molecule has 0 saturated carbocycles. The molecule has 22 heavy (non-hydrogen) atoms. The molecule has 126 valence electrons. The summed E-state index contributed by atoms with van der Waals surface area (Å²) in [6, 6.07) is 5.68. The average molecular weight is 331 g/mol. The summed E-state index contributed by atoms with van der Waals surface area (Å²) in [5.74, 6) is 1.40. The zero-order valence-electron chi connectivity index (χ0n) is 13.8. The molecular weight excluding hydrogens is 304 g/mol. The quantitative estimate of drug-likeness (QED) is 0.683. The van der Waals surface area contributed by atoms with Crippen LogP contribution in [0.4, 0.5) is 0 Å². The van der Waals surface area contributed by atoms with E-state index in [1.807, 2.05) is 25.1 Å². The summed E-state index contributed by atoms with van der Waals surface area (Å²) in [5, 5.41) is 5.75. The van der Waals surface area contributed by atoms with E-state index in [1.165, 1.54) is 0 Å². The minimum absolute atomic E-state index is 0. The monoisotopic (exact) mass is 330 g/mol. The standard InChI is InChI=1S/C16H26N2O3.ClH/c1-5-6-9-21-14-8-7-13(10-15(14)20-4)12(2)18-16(19)11-17-3;/h7-8,10,12,17H,5-6,9,11H2,1-4H3,(H,18,19);1H. The summed E-state index contributed by atoms with van der Waals surface area (Å²) in [6.07, 6.45) is 2.11. The van der Waals surface area contributed by atoms with Crippen molar-refractivity contribution in [3.8, 4) is 11.5 Å². The highest BCUT2D eigenvalue weighted by Gasteiger charge is 2.12. The Kier molecular flexibility index (Phi) is 10.4. The molecule has 0 radical (unpaired) electrons. The van der Waals surface area contributed by atoms with Gasteiger partial charge in [0.25, 0.3) is 0 Å². The number of benzene rings is 1. The molecule has 0 saturated heterocycles. The molecule has 0 aromatic heterocycles. The fourth-order valence-electron chi connectivity index (χ4n) is 1.94. The number of nitrogens with one attached hydrogen (secondary N) is 2. The van der Waals surface area contributed by atoms with Crippen molar-refractivity contribution in [1.82, 2.24) is 10.6 Å². The van der Waals surface area contributed by atoms with Crippen LogP contribution in [0.25, 0.3) is 0 Å². The molecule has 1 amide bonds. The van der Waals surface area contributed by atoms with Gasteiger partial charge in [0.1, 0.15) is 0 Å². The van der Waals surface area contributed by atoms with Crippen molar-refractivity contribution in [2.24, 2.45) is 0 Å². The van der Waals surface area contributed by atoms with Crippen LogP contribution in [-0.2, 0) is 4.79 Å². The Bertz CT molecular complexity index is 455. The summed E-state index contributed by atoms with van der Waals surface area (Å²) in [4.78, 5) is 11.6. The number of halogens is 1. The molecule has 0 aliphatic rings. The molecule has 2 N–H and O–H groups in total. The van der Waals surface area contributed by atoms with Gasteiger partial charge in [-0.15, -0.1) is 12.4 Å². The third kappa shape index (κ3) is 6.54. The Labute approximate surface area is 139 Å². The van der Waals surface area contributed by atoms with Gasteiger partial charge in [0.15, 0.2) is 11.5 Å². The molecule has 0 aliphatic heterocycles. The van der Waals surface area contributed by atoms with Gasteiger partial charge in [-0.3, -0.25) is 4.79 Å². The van der Waals surface area contributed by atoms with Crippen LogP contribution in [-0.4, -0.2) is 33.2 Å². The lowest BCUT2D eigenvalue weighted by Gasteiger charge is -2.17. The molecule has 0 spiro atoms. The van der Waals surface area contributed by atoms with Crippen molar-refractivity contribution < 1.29 is 14.3 Å². The zero-order valence-corrected chi connectivity index (χ0v) is 14.6. The number of carbonyl (C=O) groups excluding carboxylic acids is 1. The Morgan fingerprint density at radius 1 is 1.32 bits per heavy atom. The molecule has 0 heterocycles. The number of carbonyl (C=O) groups is 1. The fourth-order valence-corrected chi connectivity index (χ4v) is 1.94. The second-order valence-electron chi connectivity index (χ2n) is 4.93. The Balaban J connectivity index is 0.00000441. The zero-order chi connectivity index (χ0) is 15.7. The van der Waals surface area contributed by atoms with Crippen molar-refractivity contribution in [2.45, 2.75) is 32.7 Å². The molecule has 1 rings (SSSR count). The molecule has 0 bridgehead atoms. The highest BCUT2D eigenvalue weighted by Crippen LogP contribution is 2.30. The predicted octanol–water partition coefficient (Wildman–Crippen LogP) is 2.69. The van der Waals surface area contributed by atoms with E-state index in [9.17, 15) is 4.79 Å². The van der Waals surface area contributed by atoms with Crippen LogP contribution in [0.15, 0.2) is 18.2 Å². The normalized spacial score (nSPS) is 11.3. The third-order valence-electron chi connectivity index (χ3n) is 3.16. The topological polar surface area (TPSA) is 59.6 Å². The van der Waals surface area contributed by atoms with Crippen molar-refractivity contribution in [1.29, 1.82) is 0 Å². The predicted molar refractivity (Wildman–Crippen MR) is 91.1 cm³/mol. The molecule has 1 atom stereocenters. The molecule has 0 aliphatic carbocycles. The first-order valence-corrected chi connectivity index (χ1v) is 7.37. The lowest BCUT2D eigenvalue weighted by molar-refractivity contribution is -0.120. The van der Waals surface area contributed by atoms with Crippen LogP contribution < -0.4 is 20.1 Å². The Hall–Kier alpha value is -1.46. The lowest BCUT2D eigenvalue weighted by atomic mass is 10.1. The van der Waals surface area contributed by atoms with Gasteiger partial charge in [-0.05, 0) is 38.1 Å². The summed E-state index contributed by atoms with van der Waals surface area (Å²) in [5.41, 5.74) is 0.985. The van der Waals surface area contributed by atoms with E-state index < -0.39 is 0 Å². The SMILES string of the molecule is CCCCOc1ccc(C(C)NC(=O)CNC)cc1OC.Cl. The highest BCUT2D eigenvalue weighted by molar-refractivity contribution is 5.85. The van der Waals surface area contributed by atoms with Crippen molar-refractivity contribution in [3.63, 3.8) is 0 Å². The fraction of sp³-hybridized carbons (Fsp3) is 0.562. The van der Waals surface area contributed by atoms with Crippen LogP contribution in [0, 0.1) is 0 Å². The highest BCUT2D eigenvalue weighted by atomic mass is 35.5. The first kappa shape index (κ1) is 20.5. The molecule has 0 fully saturated rings. The molecule has 5 nitrogen and oxygen atoms in total. The van der Waals surface area contributed by atoms with Gasteiger partial charge in [-0.1, -0.05) is 19.4 Å². The van der Waals surface area contributed by atoms with Crippen LogP contribution >= 0.6 is 12.4 Å². The first-order chi connectivity index (χ1) is 10.1. The maximum absolute atomic E-state index is 11.6. The summed E-state index contributed by atoms with van der Waals surface area (Å²) in [7, 11) is 3.37. The summed E-state index contributed by atoms with van der Waals surface area (Å²) < 4.78 is 11.1. The van der Waals surface area contributed by atoms with Crippen molar-refractivity contribution in [2.75, 3.05) is 27.3 Å². The van der Waals surface area contributed by atoms with Crippen molar-refractivity contribution >= 4 is 18.3 Å². The first-order valence-electron chi connectivity index (χ1n) is 7.37. The number of methoxy groups -OCH3 is 1.